The van der Waals surface area contributed by atoms with Crippen LogP contribution in [0.25, 0.3) is 0 Å². The van der Waals surface area contributed by atoms with Crippen molar-refractivity contribution in [3.8, 4) is 0 Å². The van der Waals surface area contributed by atoms with Gasteiger partial charge in [0.25, 0.3) is 10.1 Å². The zero-order valence-electron chi connectivity index (χ0n) is 11.4. The second-order valence-corrected chi connectivity index (χ2v) is 5.90. The van der Waals surface area contributed by atoms with Crippen LogP contribution in [0.1, 0.15) is 37.0 Å². The van der Waals surface area contributed by atoms with Crippen molar-refractivity contribution in [1.82, 2.24) is 0 Å². The van der Waals surface area contributed by atoms with Crippen LogP contribution in [0, 0.1) is 13.8 Å². The fraction of sp³-hybridized carbons (Fsp3) is 0.538. The van der Waals surface area contributed by atoms with Crippen molar-refractivity contribution in [2.45, 2.75) is 45.4 Å². The minimum atomic E-state index is -3.68. The molecule has 0 saturated heterocycles. The van der Waals surface area contributed by atoms with Crippen LogP contribution in [0.3, 0.4) is 0 Å². The van der Waals surface area contributed by atoms with Gasteiger partial charge in [-0.25, -0.2) is 0 Å². The van der Waals surface area contributed by atoms with Crippen molar-refractivity contribution in [1.29, 1.82) is 0 Å². The molecule has 0 atom stereocenters. The van der Waals surface area contributed by atoms with Gasteiger partial charge in [-0.15, -0.1) is 0 Å². The van der Waals surface area contributed by atoms with Crippen molar-refractivity contribution >= 4 is 15.8 Å². The van der Waals surface area contributed by atoms with Crippen LogP contribution >= 0.6 is 0 Å². The molecular formula is C13H21NO3S. The zero-order valence-corrected chi connectivity index (χ0v) is 12.2. The first-order valence-corrected chi connectivity index (χ1v) is 7.53. The second-order valence-electron chi connectivity index (χ2n) is 4.32. The summed E-state index contributed by atoms with van der Waals surface area (Å²) in [7, 11) is -3.68. The third-order valence-corrected chi connectivity index (χ3v) is 4.42. The Morgan fingerprint density at radius 3 is 2.39 bits per heavy atom. The molecule has 102 valence electrons. The van der Waals surface area contributed by atoms with Gasteiger partial charge >= 0.3 is 0 Å². The Bertz CT molecular complexity index is 536. The van der Waals surface area contributed by atoms with Gasteiger partial charge in [0.15, 0.2) is 0 Å². The van der Waals surface area contributed by atoms with E-state index in [0.717, 1.165) is 23.1 Å². The topological polar surface area (TPSA) is 69.4 Å². The Morgan fingerprint density at radius 1 is 1.28 bits per heavy atom. The van der Waals surface area contributed by atoms with Crippen LogP contribution in [0.2, 0.25) is 0 Å². The smallest absolute Gasteiger partial charge is 0.297 e. The van der Waals surface area contributed by atoms with E-state index in [0.29, 0.717) is 12.1 Å². The third kappa shape index (κ3) is 2.84. The number of benzene rings is 1. The second kappa shape index (κ2) is 5.71. The number of rotatable bonds is 5. The zero-order chi connectivity index (χ0) is 13.9. The van der Waals surface area contributed by atoms with Crippen LogP contribution in [-0.2, 0) is 20.7 Å². The lowest BCUT2D eigenvalue weighted by atomic mass is 9.99. The number of nitrogen functional groups attached to an aromatic ring is 1. The average Bonchev–Trinajstić information content (AvgIpc) is 2.29. The molecular weight excluding hydrogens is 250 g/mol. The standard InChI is InChI=1S/C13H21NO3S/c1-5-7-11-10(4)13(14)9(3)8-12(11)18(15,16)17-6-2/h8H,5-7,14H2,1-4H3. The Hall–Kier alpha value is -1.07. The summed E-state index contributed by atoms with van der Waals surface area (Å²) < 4.78 is 29.0. The lowest BCUT2D eigenvalue weighted by Crippen LogP contribution is -2.12. The third-order valence-electron chi connectivity index (χ3n) is 2.97. The van der Waals surface area contributed by atoms with E-state index in [1.165, 1.54) is 0 Å². The molecule has 0 aliphatic rings. The van der Waals surface area contributed by atoms with Crippen molar-refractivity contribution in [3.63, 3.8) is 0 Å². The summed E-state index contributed by atoms with van der Waals surface area (Å²) in [6.07, 6.45) is 1.54. The van der Waals surface area contributed by atoms with Crippen LogP contribution in [0.4, 0.5) is 5.69 Å². The maximum absolute atomic E-state index is 12.1. The van der Waals surface area contributed by atoms with Gasteiger partial charge in [0.2, 0.25) is 0 Å². The van der Waals surface area contributed by atoms with Gasteiger partial charge in [-0.2, -0.15) is 8.42 Å². The Kier molecular flexibility index (Phi) is 4.76. The molecule has 0 aliphatic heterocycles. The molecule has 1 aromatic rings. The predicted octanol–water partition coefficient (Wildman–Crippen LogP) is 2.56. The van der Waals surface area contributed by atoms with Gasteiger partial charge in [0.05, 0.1) is 11.5 Å². The Morgan fingerprint density at radius 2 is 1.89 bits per heavy atom. The summed E-state index contributed by atoms with van der Waals surface area (Å²) in [6, 6.07) is 1.61. The summed E-state index contributed by atoms with van der Waals surface area (Å²) in [5.74, 6) is 0. The van der Waals surface area contributed by atoms with Crippen molar-refractivity contribution in [3.05, 3.63) is 22.8 Å². The molecule has 0 fully saturated rings. The molecule has 0 amide bonds. The highest BCUT2D eigenvalue weighted by Crippen LogP contribution is 2.29. The van der Waals surface area contributed by atoms with Gasteiger partial charge < -0.3 is 5.73 Å². The maximum atomic E-state index is 12.1. The highest BCUT2D eigenvalue weighted by molar-refractivity contribution is 7.86. The fourth-order valence-electron chi connectivity index (χ4n) is 2.01. The van der Waals surface area contributed by atoms with E-state index in [2.05, 4.69) is 0 Å². The van der Waals surface area contributed by atoms with Crippen molar-refractivity contribution < 1.29 is 12.6 Å². The molecule has 0 heterocycles. The first-order valence-electron chi connectivity index (χ1n) is 6.13. The number of nitrogens with two attached hydrogens (primary N) is 1. The number of hydrogen-bond acceptors (Lipinski definition) is 4. The molecule has 0 saturated carbocycles. The Balaban J connectivity index is 3.52. The van der Waals surface area contributed by atoms with E-state index >= 15 is 0 Å². The lowest BCUT2D eigenvalue weighted by Gasteiger charge is -2.16. The van der Waals surface area contributed by atoms with E-state index in [-0.39, 0.29) is 11.5 Å². The average molecular weight is 271 g/mol. The highest BCUT2D eigenvalue weighted by atomic mass is 32.2. The maximum Gasteiger partial charge on any atom is 0.297 e. The minimum absolute atomic E-state index is 0.135. The molecule has 1 aromatic carbocycles. The summed E-state index contributed by atoms with van der Waals surface area (Å²) in [5.41, 5.74) is 9.01. The molecule has 18 heavy (non-hydrogen) atoms. The van der Waals surface area contributed by atoms with Crippen LogP contribution in [0.15, 0.2) is 11.0 Å². The van der Waals surface area contributed by atoms with E-state index in [1.54, 1.807) is 13.0 Å². The van der Waals surface area contributed by atoms with Crippen LogP contribution in [0.5, 0.6) is 0 Å². The monoisotopic (exact) mass is 271 g/mol. The SMILES string of the molecule is CCCc1c(S(=O)(=O)OCC)cc(C)c(N)c1C. The molecule has 5 heteroatoms. The number of aryl methyl sites for hydroxylation is 1. The lowest BCUT2D eigenvalue weighted by molar-refractivity contribution is 0.337. The molecule has 2 N–H and O–H groups in total. The fourth-order valence-corrected chi connectivity index (χ4v) is 3.32. The number of anilines is 1. The van der Waals surface area contributed by atoms with Gasteiger partial charge in [-0.1, -0.05) is 13.3 Å². The van der Waals surface area contributed by atoms with E-state index < -0.39 is 10.1 Å². The summed E-state index contributed by atoms with van der Waals surface area (Å²) >= 11 is 0. The normalized spacial score (nSPS) is 11.8. The molecule has 0 spiro atoms. The summed E-state index contributed by atoms with van der Waals surface area (Å²) in [4.78, 5) is 0.260. The minimum Gasteiger partial charge on any atom is -0.398 e. The van der Waals surface area contributed by atoms with Crippen molar-refractivity contribution in [2.24, 2.45) is 0 Å². The highest BCUT2D eigenvalue weighted by Gasteiger charge is 2.22. The first kappa shape index (κ1) is 15.0. The molecule has 0 radical (unpaired) electrons. The van der Waals surface area contributed by atoms with E-state index in [9.17, 15) is 8.42 Å². The van der Waals surface area contributed by atoms with Crippen LogP contribution in [-0.4, -0.2) is 15.0 Å². The summed E-state index contributed by atoms with van der Waals surface area (Å²) in [5, 5.41) is 0. The molecule has 0 bridgehead atoms. The molecule has 0 aromatic heterocycles. The summed E-state index contributed by atoms with van der Waals surface area (Å²) in [6.45, 7) is 7.47. The van der Waals surface area contributed by atoms with Gasteiger partial charge in [0.1, 0.15) is 0 Å². The quantitative estimate of drug-likeness (QED) is 0.660. The molecule has 0 aliphatic carbocycles. The molecule has 4 nitrogen and oxygen atoms in total. The molecule has 1 rings (SSSR count). The van der Waals surface area contributed by atoms with E-state index in [4.69, 9.17) is 9.92 Å². The predicted molar refractivity (Wildman–Crippen MR) is 73.1 cm³/mol. The van der Waals surface area contributed by atoms with Crippen molar-refractivity contribution in [2.75, 3.05) is 12.3 Å². The van der Waals surface area contributed by atoms with E-state index in [1.807, 2.05) is 20.8 Å². The molecule has 0 unspecified atom stereocenters. The number of hydrogen-bond donors (Lipinski definition) is 1. The first-order chi connectivity index (χ1) is 8.35. The Labute approximate surface area is 109 Å². The largest absolute Gasteiger partial charge is 0.398 e. The van der Waals surface area contributed by atoms with Gasteiger partial charge in [0, 0.05) is 5.69 Å². The van der Waals surface area contributed by atoms with Gasteiger partial charge in [-0.3, -0.25) is 4.18 Å². The van der Waals surface area contributed by atoms with Crippen LogP contribution < -0.4 is 5.73 Å². The van der Waals surface area contributed by atoms with Gasteiger partial charge in [-0.05, 0) is 49.9 Å².